The number of rotatable bonds is 4. The zero-order chi connectivity index (χ0) is 19.7. The van der Waals surface area contributed by atoms with Gasteiger partial charge in [-0.05, 0) is 62.4 Å². The van der Waals surface area contributed by atoms with Crippen LogP contribution in [0.4, 0.5) is 4.79 Å². The largest absolute Gasteiger partial charge is 0.467 e. The van der Waals surface area contributed by atoms with Crippen molar-refractivity contribution in [2.45, 2.75) is 26.8 Å². The van der Waals surface area contributed by atoms with Crippen LogP contribution in [-0.2, 0) is 14.3 Å². The lowest BCUT2D eigenvalue weighted by atomic mass is 10.2. The molecule has 1 atom stereocenters. The van der Waals surface area contributed by atoms with Crippen molar-refractivity contribution in [3.63, 3.8) is 0 Å². The van der Waals surface area contributed by atoms with E-state index in [9.17, 15) is 14.4 Å². The van der Waals surface area contributed by atoms with E-state index >= 15 is 0 Å². The average molecular weight is 385 g/mol. The summed E-state index contributed by atoms with van der Waals surface area (Å²) in [7, 11) is 1.22. The third-order valence-electron chi connectivity index (χ3n) is 4.41. The zero-order valence-electron chi connectivity index (χ0n) is 15.4. The molecule has 1 unspecified atom stereocenters. The molecule has 3 rings (SSSR count). The van der Waals surface area contributed by atoms with Gasteiger partial charge in [-0.3, -0.25) is 19.5 Å². The Bertz CT molecular complexity index is 949. The van der Waals surface area contributed by atoms with Crippen LogP contribution in [0.25, 0.3) is 11.8 Å². The van der Waals surface area contributed by atoms with Gasteiger partial charge in [0.2, 0.25) is 0 Å². The summed E-state index contributed by atoms with van der Waals surface area (Å²) in [5.41, 5.74) is 3.65. The molecular weight excluding hydrogens is 366 g/mol. The van der Waals surface area contributed by atoms with E-state index in [0.717, 1.165) is 39.3 Å². The number of hydrogen-bond acceptors (Lipinski definition) is 6. The summed E-state index contributed by atoms with van der Waals surface area (Å²) in [5.74, 6) is -1.12. The van der Waals surface area contributed by atoms with Gasteiger partial charge in [-0.25, -0.2) is 4.79 Å². The van der Waals surface area contributed by atoms with Gasteiger partial charge in [0.1, 0.15) is 6.04 Å². The van der Waals surface area contributed by atoms with E-state index in [1.165, 1.54) is 14.0 Å². The van der Waals surface area contributed by atoms with E-state index in [-0.39, 0.29) is 4.91 Å². The number of aromatic nitrogens is 2. The molecule has 1 aliphatic heterocycles. The zero-order valence-corrected chi connectivity index (χ0v) is 16.2. The summed E-state index contributed by atoms with van der Waals surface area (Å²) < 4.78 is 6.67. The monoisotopic (exact) mass is 385 g/mol. The van der Waals surface area contributed by atoms with Crippen LogP contribution in [0.2, 0.25) is 0 Å². The molecule has 1 saturated heterocycles. The molecule has 0 N–H and O–H groups in total. The first kappa shape index (κ1) is 18.9. The fraction of sp³-hybridized carbons (Fsp3) is 0.263. The standard InChI is InChI=1S/C19H19N3O4S/c1-11-8-14(12(2)21(11)15-6-5-7-20-10-15)9-16-17(23)22(19(25)27-16)13(3)18(24)26-4/h5-10,13H,1-4H3. The number of imide groups is 1. The minimum Gasteiger partial charge on any atom is -0.467 e. The van der Waals surface area contributed by atoms with Crippen LogP contribution in [-0.4, -0.2) is 44.7 Å². The van der Waals surface area contributed by atoms with E-state index in [1.54, 1.807) is 18.5 Å². The second-order valence-corrected chi connectivity index (χ2v) is 7.12. The molecule has 3 heterocycles. The predicted molar refractivity (Wildman–Crippen MR) is 102 cm³/mol. The molecule has 27 heavy (non-hydrogen) atoms. The van der Waals surface area contributed by atoms with Gasteiger partial charge in [0.05, 0.1) is 23.9 Å². The fourth-order valence-corrected chi connectivity index (χ4v) is 3.95. The van der Waals surface area contributed by atoms with Crippen molar-refractivity contribution in [3.8, 4) is 5.69 Å². The first-order chi connectivity index (χ1) is 12.8. The van der Waals surface area contributed by atoms with Gasteiger partial charge in [0.25, 0.3) is 11.1 Å². The Morgan fingerprint density at radius 1 is 1.33 bits per heavy atom. The lowest BCUT2D eigenvalue weighted by Gasteiger charge is -2.18. The average Bonchev–Trinajstić information content (AvgIpc) is 3.09. The number of carbonyl (C=O) groups excluding carboxylic acids is 3. The second kappa shape index (κ2) is 7.40. The quantitative estimate of drug-likeness (QED) is 0.594. The fourth-order valence-electron chi connectivity index (χ4n) is 3.05. The van der Waals surface area contributed by atoms with Gasteiger partial charge in [-0.15, -0.1) is 0 Å². The number of carbonyl (C=O) groups is 3. The second-order valence-electron chi connectivity index (χ2n) is 6.12. The number of nitrogens with zero attached hydrogens (tertiary/aromatic N) is 3. The molecule has 0 aromatic carbocycles. The summed E-state index contributed by atoms with van der Waals surface area (Å²) in [6.07, 6.45) is 5.15. The first-order valence-electron chi connectivity index (χ1n) is 8.29. The highest BCUT2D eigenvalue weighted by Gasteiger charge is 2.41. The number of pyridine rings is 1. The van der Waals surface area contributed by atoms with E-state index in [2.05, 4.69) is 9.72 Å². The summed E-state index contributed by atoms with van der Waals surface area (Å²) in [5, 5.41) is -0.481. The maximum atomic E-state index is 12.6. The molecule has 0 spiro atoms. The molecule has 2 aromatic heterocycles. The van der Waals surface area contributed by atoms with Crippen LogP contribution < -0.4 is 0 Å². The smallest absolute Gasteiger partial charge is 0.328 e. The molecule has 140 valence electrons. The van der Waals surface area contributed by atoms with E-state index in [1.807, 2.05) is 36.6 Å². The maximum absolute atomic E-state index is 12.6. The molecule has 1 aliphatic rings. The number of aryl methyl sites for hydroxylation is 1. The van der Waals surface area contributed by atoms with E-state index < -0.39 is 23.2 Å². The lowest BCUT2D eigenvalue weighted by molar-refractivity contribution is -0.148. The summed E-state index contributed by atoms with van der Waals surface area (Å²) in [4.78, 5) is 41.9. The predicted octanol–water partition coefficient (Wildman–Crippen LogP) is 3.09. The number of hydrogen-bond donors (Lipinski definition) is 0. The third kappa shape index (κ3) is 3.40. The Morgan fingerprint density at radius 3 is 2.70 bits per heavy atom. The van der Waals surface area contributed by atoms with Crippen molar-refractivity contribution in [1.29, 1.82) is 0 Å². The molecular formula is C19H19N3O4S. The van der Waals surface area contributed by atoms with Gasteiger partial charge in [0, 0.05) is 17.6 Å². The molecule has 7 nitrogen and oxygen atoms in total. The van der Waals surface area contributed by atoms with Crippen LogP contribution in [0.5, 0.6) is 0 Å². The van der Waals surface area contributed by atoms with Crippen LogP contribution in [0.15, 0.2) is 35.5 Å². The summed E-state index contributed by atoms with van der Waals surface area (Å²) >= 11 is 0.822. The highest BCUT2D eigenvalue weighted by Crippen LogP contribution is 2.35. The van der Waals surface area contributed by atoms with Gasteiger partial charge in [-0.2, -0.15) is 0 Å². The summed E-state index contributed by atoms with van der Waals surface area (Å²) in [6.45, 7) is 5.37. The van der Waals surface area contributed by atoms with Crippen LogP contribution in [0.1, 0.15) is 23.9 Å². The van der Waals surface area contributed by atoms with Crippen LogP contribution in [0, 0.1) is 13.8 Å². The minimum absolute atomic E-state index is 0.280. The number of amides is 2. The Kier molecular flexibility index (Phi) is 5.18. The molecule has 2 amide bonds. The number of methoxy groups -OCH3 is 1. The van der Waals surface area contributed by atoms with Gasteiger partial charge >= 0.3 is 5.97 Å². The van der Waals surface area contributed by atoms with E-state index in [0.29, 0.717) is 0 Å². The van der Waals surface area contributed by atoms with Crippen molar-refractivity contribution in [3.05, 3.63) is 52.4 Å². The Balaban J connectivity index is 1.96. The van der Waals surface area contributed by atoms with Crippen molar-refractivity contribution >= 4 is 35.0 Å². The minimum atomic E-state index is -0.962. The highest BCUT2D eigenvalue weighted by atomic mass is 32.2. The topological polar surface area (TPSA) is 81.5 Å². The number of ether oxygens (including phenoxy) is 1. The maximum Gasteiger partial charge on any atom is 0.328 e. The Labute approximate surface area is 161 Å². The summed E-state index contributed by atoms with van der Waals surface area (Å²) in [6, 6.07) is 4.78. The normalized spacial score (nSPS) is 16.9. The Morgan fingerprint density at radius 2 is 2.07 bits per heavy atom. The molecule has 0 radical (unpaired) electrons. The molecule has 1 fully saturated rings. The molecule has 2 aromatic rings. The lowest BCUT2D eigenvalue weighted by Crippen LogP contribution is -2.42. The highest BCUT2D eigenvalue weighted by molar-refractivity contribution is 8.18. The molecule has 0 saturated carbocycles. The first-order valence-corrected chi connectivity index (χ1v) is 9.11. The van der Waals surface area contributed by atoms with Gasteiger partial charge < -0.3 is 9.30 Å². The van der Waals surface area contributed by atoms with Gasteiger partial charge in [0.15, 0.2) is 0 Å². The SMILES string of the molecule is COC(=O)C(C)N1C(=O)SC(=Cc2cc(C)n(-c3cccnc3)c2C)C1=O. The van der Waals surface area contributed by atoms with Crippen LogP contribution >= 0.6 is 11.8 Å². The molecule has 0 bridgehead atoms. The third-order valence-corrected chi connectivity index (χ3v) is 5.30. The van der Waals surface area contributed by atoms with Gasteiger partial charge in [-0.1, -0.05) is 0 Å². The van der Waals surface area contributed by atoms with Crippen molar-refractivity contribution in [2.24, 2.45) is 0 Å². The number of esters is 1. The van der Waals surface area contributed by atoms with Crippen molar-refractivity contribution in [2.75, 3.05) is 7.11 Å². The van der Waals surface area contributed by atoms with Crippen LogP contribution in [0.3, 0.4) is 0 Å². The van der Waals surface area contributed by atoms with Crippen molar-refractivity contribution < 1.29 is 19.1 Å². The Hall–Kier alpha value is -2.87. The number of thioether (sulfide) groups is 1. The van der Waals surface area contributed by atoms with E-state index in [4.69, 9.17) is 0 Å². The molecule has 0 aliphatic carbocycles. The van der Waals surface area contributed by atoms with Crippen molar-refractivity contribution in [1.82, 2.24) is 14.5 Å². The molecule has 8 heteroatoms.